The Kier molecular flexibility index (Phi) is 5.47. The van der Waals surface area contributed by atoms with E-state index in [1.165, 1.54) is 25.1 Å². The monoisotopic (exact) mass is 410 g/mol. The van der Waals surface area contributed by atoms with Gasteiger partial charge in [0.25, 0.3) is 5.56 Å². The van der Waals surface area contributed by atoms with Crippen LogP contribution in [0.3, 0.4) is 0 Å². The Morgan fingerprint density at radius 2 is 1.96 bits per heavy atom. The number of hydrogen-bond donors (Lipinski definition) is 3. The molecule has 1 saturated heterocycles. The number of nitrogens with zero attached hydrogens (tertiary/aromatic N) is 1. The first-order valence-electron chi connectivity index (χ1n) is 8.59. The molecule has 1 aliphatic heterocycles. The molecule has 1 aromatic heterocycles. The summed E-state index contributed by atoms with van der Waals surface area (Å²) in [5.74, 6) is -1.80. The van der Waals surface area contributed by atoms with Crippen molar-refractivity contribution in [2.24, 2.45) is 5.92 Å². The zero-order valence-corrected chi connectivity index (χ0v) is 15.8. The van der Waals surface area contributed by atoms with E-state index in [4.69, 9.17) is 0 Å². The molecule has 1 atom stereocenters. The Morgan fingerprint density at radius 1 is 1.25 bits per heavy atom. The minimum atomic E-state index is -4.22. The van der Waals surface area contributed by atoms with Gasteiger partial charge in [-0.05, 0) is 31.9 Å². The second-order valence-corrected chi connectivity index (χ2v) is 8.41. The molecule has 0 spiro atoms. The van der Waals surface area contributed by atoms with Crippen LogP contribution in [0.25, 0.3) is 0 Å². The number of benzene rings is 1. The summed E-state index contributed by atoms with van der Waals surface area (Å²) in [5, 5.41) is 2.47. The number of rotatable bonds is 4. The number of aromatic amines is 2. The molecule has 0 aliphatic carbocycles. The van der Waals surface area contributed by atoms with E-state index in [2.05, 4.69) is 10.3 Å². The maximum absolute atomic E-state index is 13.7. The molecule has 0 bridgehead atoms. The number of para-hydroxylation sites is 1. The lowest BCUT2D eigenvalue weighted by molar-refractivity contribution is -0.120. The summed E-state index contributed by atoms with van der Waals surface area (Å²) in [7, 11) is -4.22. The number of sulfonamides is 1. The molecule has 1 aliphatic rings. The number of piperidine rings is 1. The molecule has 9 nitrogen and oxygen atoms in total. The van der Waals surface area contributed by atoms with E-state index >= 15 is 0 Å². The average Bonchev–Trinajstić information content (AvgIpc) is 2.62. The van der Waals surface area contributed by atoms with E-state index in [9.17, 15) is 27.2 Å². The molecule has 2 aromatic rings. The molecular formula is C17H19FN4O5S. The molecule has 3 N–H and O–H groups in total. The maximum atomic E-state index is 13.7. The fourth-order valence-electron chi connectivity index (χ4n) is 3.20. The summed E-state index contributed by atoms with van der Waals surface area (Å²) in [6.45, 7) is 1.29. The molecule has 3 rings (SSSR count). The quantitative estimate of drug-likeness (QED) is 0.677. The van der Waals surface area contributed by atoms with Gasteiger partial charge in [0.05, 0.1) is 11.6 Å². The van der Waals surface area contributed by atoms with Gasteiger partial charge in [0.15, 0.2) is 4.90 Å². The van der Waals surface area contributed by atoms with Crippen LogP contribution in [0.2, 0.25) is 0 Å². The van der Waals surface area contributed by atoms with Crippen LogP contribution < -0.4 is 16.6 Å². The van der Waals surface area contributed by atoms with Crippen LogP contribution in [-0.2, 0) is 14.8 Å². The normalized spacial score (nSPS) is 18.0. The van der Waals surface area contributed by atoms with Crippen LogP contribution in [0, 0.1) is 18.7 Å². The van der Waals surface area contributed by atoms with E-state index in [0.717, 1.165) is 4.31 Å². The summed E-state index contributed by atoms with van der Waals surface area (Å²) in [6.07, 6.45) is 0.822. The zero-order chi connectivity index (χ0) is 20.5. The first-order chi connectivity index (χ1) is 13.2. The van der Waals surface area contributed by atoms with Crippen LogP contribution in [0.1, 0.15) is 18.5 Å². The van der Waals surface area contributed by atoms with Gasteiger partial charge in [-0.25, -0.2) is 17.6 Å². The predicted molar refractivity (Wildman–Crippen MR) is 98.9 cm³/mol. The summed E-state index contributed by atoms with van der Waals surface area (Å²) >= 11 is 0. The lowest BCUT2D eigenvalue weighted by Crippen LogP contribution is -2.45. The number of anilines is 1. The average molecular weight is 410 g/mol. The fourth-order valence-corrected chi connectivity index (χ4v) is 4.93. The number of H-pyrrole nitrogens is 2. The molecule has 1 aromatic carbocycles. The number of amides is 1. The van der Waals surface area contributed by atoms with Crippen molar-refractivity contribution in [1.29, 1.82) is 0 Å². The van der Waals surface area contributed by atoms with Gasteiger partial charge in [-0.15, -0.1) is 0 Å². The minimum absolute atomic E-state index is 0.0143. The van der Waals surface area contributed by atoms with Crippen molar-refractivity contribution in [3.8, 4) is 0 Å². The Labute approximate surface area is 159 Å². The molecule has 0 radical (unpaired) electrons. The number of carbonyl (C=O) groups excluding carboxylic acids is 1. The van der Waals surface area contributed by atoms with Gasteiger partial charge in [0, 0.05) is 18.8 Å². The smallest absolute Gasteiger partial charge is 0.323 e. The highest BCUT2D eigenvalue weighted by Crippen LogP contribution is 2.24. The van der Waals surface area contributed by atoms with E-state index in [1.807, 2.05) is 4.98 Å². The maximum Gasteiger partial charge on any atom is 0.325 e. The largest absolute Gasteiger partial charge is 0.325 e. The minimum Gasteiger partial charge on any atom is -0.323 e. The number of nitrogens with one attached hydrogen (secondary N) is 3. The number of carbonyl (C=O) groups is 1. The summed E-state index contributed by atoms with van der Waals surface area (Å²) < 4.78 is 40.6. The molecular weight excluding hydrogens is 391 g/mol. The van der Waals surface area contributed by atoms with Crippen LogP contribution in [0.4, 0.5) is 10.1 Å². The van der Waals surface area contributed by atoms with Gasteiger partial charge < -0.3 is 10.3 Å². The van der Waals surface area contributed by atoms with Crippen molar-refractivity contribution < 1.29 is 17.6 Å². The number of halogens is 1. The highest BCUT2D eigenvalue weighted by atomic mass is 32.2. The Balaban J connectivity index is 1.83. The second-order valence-electron chi connectivity index (χ2n) is 6.53. The van der Waals surface area contributed by atoms with Crippen molar-refractivity contribution in [3.63, 3.8) is 0 Å². The molecule has 1 fully saturated rings. The molecule has 150 valence electrons. The molecule has 2 heterocycles. The molecule has 1 amide bonds. The van der Waals surface area contributed by atoms with Crippen LogP contribution in [0.5, 0.6) is 0 Å². The summed E-state index contributed by atoms with van der Waals surface area (Å²) in [5.41, 5.74) is -1.88. The van der Waals surface area contributed by atoms with Crippen LogP contribution in [-0.4, -0.2) is 41.7 Å². The molecule has 11 heteroatoms. The standard InChI is InChI=1S/C17H19FN4O5S/c1-10-14(16(24)21-17(25)19-10)28(26,27)22-8-4-5-11(9-22)15(23)20-13-7-3-2-6-12(13)18/h2-3,6-7,11H,4-5,8-9H2,1H3,(H,20,23)(H2,19,21,24,25)/t11-/m1/s1. The second kappa shape index (κ2) is 7.68. The van der Waals surface area contributed by atoms with Gasteiger partial charge in [-0.3, -0.25) is 14.6 Å². The van der Waals surface area contributed by atoms with E-state index in [0.29, 0.717) is 12.8 Å². The van der Waals surface area contributed by atoms with Crippen molar-refractivity contribution >= 4 is 21.6 Å². The number of aryl methyl sites for hydroxylation is 1. The highest BCUT2D eigenvalue weighted by Gasteiger charge is 2.36. The van der Waals surface area contributed by atoms with Crippen molar-refractivity contribution in [2.75, 3.05) is 18.4 Å². The van der Waals surface area contributed by atoms with Gasteiger partial charge in [0.1, 0.15) is 5.82 Å². The van der Waals surface area contributed by atoms with E-state index in [1.54, 1.807) is 6.07 Å². The Bertz CT molecular complexity index is 1120. The third-order valence-corrected chi connectivity index (χ3v) is 6.58. The van der Waals surface area contributed by atoms with Crippen LogP contribution >= 0.6 is 0 Å². The SMILES string of the molecule is Cc1[nH]c(=O)[nH]c(=O)c1S(=O)(=O)N1CCC[C@@H](C(=O)Nc2ccccc2F)C1. The third kappa shape index (κ3) is 3.90. The summed E-state index contributed by atoms with van der Waals surface area (Å²) in [4.78, 5) is 39.5. The number of hydrogen-bond acceptors (Lipinski definition) is 5. The van der Waals surface area contributed by atoms with Crippen molar-refractivity contribution in [1.82, 2.24) is 14.3 Å². The number of aromatic nitrogens is 2. The van der Waals surface area contributed by atoms with Gasteiger partial charge >= 0.3 is 5.69 Å². The Hall–Kier alpha value is -2.79. The van der Waals surface area contributed by atoms with Crippen molar-refractivity contribution in [3.05, 3.63) is 56.6 Å². The van der Waals surface area contributed by atoms with Crippen molar-refractivity contribution in [2.45, 2.75) is 24.7 Å². The first-order valence-corrected chi connectivity index (χ1v) is 10.0. The van der Waals surface area contributed by atoms with E-state index < -0.39 is 43.8 Å². The molecule has 0 unspecified atom stereocenters. The predicted octanol–water partition coefficient (Wildman–Crippen LogP) is 0.550. The highest BCUT2D eigenvalue weighted by molar-refractivity contribution is 7.89. The molecule has 0 saturated carbocycles. The fraction of sp³-hybridized carbons (Fsp3) is 0.353. The topological polar surface area (TPSA) is 132 Å². The van der Waals surface area contributed by atoms with Crippen LogP contribution in [0.15, 0.2) is 38.8 Å². The van der Waals surface area contributed by atoms with E-state index in [-0.39, 0.29) is 24.5 Å². The third-order valence-electron chi connectivity index (χ3n) is 4.56. The van der Waals surface area contributed by atoms with Gasteiger partial charge in [0.2, 0.25) is 15.9 Å². The van der Waals surface area contributed by atoms with Gasteiger partial charge in [-0.2, -0.15) is 4.31 Å². The lowest BCUT2D eigenvalue weighted by atomic mass is 9.98. The Morgan fingerprint density at radius 3 is 2.64 bits per heavy atom. The summed E-state index contributed by atoms with van der Waals surface area (Å²) in [6, 6.07) is 5.68. The van der Waals surface area contributed by atoms with Gasteiger partial charge in [-0.1, -0.05) is 12.1 Å². The molecule has 28 heavy (non-hydrogen) atoms. The lowest BCUT2D eigenvalue weighted by Gasteiger charge is -2.31. The first kappa shape index (κ1) is 20.0. The zero-order valence-electron chi connectivity index (χ0n) is 15.0.